The zero-order chi connectivity index (χ0) is 22.1. The largest absolute Gasteiger partial charge is 0.367 e. The van der Waals surface area contributed by atoms with Crippen molar-refractivity contribution in [3.63, 3.8) is 0 Å². The first-order valence-corrected chi connectivity index (χ1v) is 11.4. The van der Waals surface area contributed by atoms with Gasteiger partial charge in [0.15, 0.2) is 5.96 Å². The quantitative estimate of drug-likeness (QED) is 0.344. The Morgan fingerprint density at radius 2 is 1.87 bits per heavy atom. The van der Waals surface area contributed by atoms with Gasteiger partial charge in [0, 0.05) is 64.9 Å². The number of aliphatic imine (C=N–C) groups is 1. The second-order valence-corrected chi connectivity index (χ2v) is 8.14. The molecule has 0 saturated carbocycles. The molecule has 0 radical (unpaired) electrons. The van der Waals surface area contributed by atoms with Crippen LogP contribution in [0.25, 0.3) is 0 Å². The van der Waals surface area contributed by atoms with Crippen molar-refractivity contribution >= 4 is 17.7 Å². The first-order chi connectivity index (χ1) is 15.1. The van der Waals surface area contributed by atoms with Gasteiger partial charge in [-0.2, -0.15) is 0 Å². The molecule has 172 valence electrons. The maximum Gasteiger partial charge on any atom is 0.314 e. The number of hydrogen-bond acceptors (Lipinski definition) is 4. The zero-order valence-corrected chi connectivity index (χ0v) is 18.5. The molecule has 0 bridgehead atoms. The number of rotatable bonds is 7. The number of guanidine groups is 1. The van der Waals surface area contributed by atoms with E-state index < -0.39 is 0 Å². The molecular weight excluding hydrogens is 397 g/mol. The summed E-state index contributed by atoms with van der Waals surface area (Å²) in [7, 11) is 0. The van der Waals surface area contributed by atoms with Crippen LogP contribution in [-0.2, 0) is 0 Å². The summed E-state index contributed by atoms with van der Waals surface area (Å²) in [6.45, 7) is 9.55. The smallest absolute Gasteiger partial charge is 0.314 e. The third-order valence-corrected chi connectivity index (χ3v) is 5.96. The lowest BCUT2D eigenvalue weighted by molar-refractivity contribution is 0.188. The number of likely N-dealkylation sites (tertiary alicyclic amines) is 1. The molecule has 31 heavy (non-hydrogen) atoms. The number of para-hydroxylation sites is 1. The van der Waals surface area contributed by atoms with Gasteiger partial charge in [-0.1, -0.05) is 12.1 Å². The molecule has 2 aliphatic heterocycles. The summed E-state index contributed by atoms with van der Waals surface area (Å²) in [6.07, 6.45) is 2.73. The molecule has 0 unspecified atom stereocenters. The number of halogens is 1. The fourth-order valence-electron chi connectivity index (χ4n) is 4.16. The van der Waals surface area contributed by atoms with Crippen LogP contribution in [0.1, 0.15) is 26.2 Å². The number of piperidine rings is 1. The third-order valence-electron chi connectivity index (χ3n) is 5.96. The van der Waals surface area contributed by atoms with Gasteiger partial charge in [0.2, 0.25) is 0 Å². The number of anilines is 1. The fraction of sp³-hybridized carbons (Fsp3) is 0.636. The van der Waals surface area contributed by atoms with Crippen LogP contribution in [0.2, 0.25) is 0 Å². The molecular formula is C22H36FN7O. The predicted molar refractivity (Wildman–Crippen MR) is 123 cm³/mol. The normalized spacial score (nSPS) is 18.8. The molecule has 2 saturated heterocycles. The average Bonchev–Trinajstić information content (AvgIpc) is 2.78. The van der Waals surface area contributed by atoms with Crippen molar-refractivity contribution in [2.75, 3.05) is 63.8 Å². The lowest BCUT2D eigenvalue weighted by atomic mass is 10.1. The standard InChI is InChI=1S/C22H36FN7O/c1-2-25-22(27-18-8-12-30(13-9-18)21(24)31)26-10-5-11-28-14-16-29(17-15-28)20-7-4-3-6-19(20)23/h3-4,6-7,18H,2,5,8-17H2,1H3,(H2,24,31)(H2,25,26,27). The van der Waals surface area contributed by atoms with E-state index in [2.05, 4.69) is 27.4 Å². The molecule has 9 heteroatoms. The first-order valence-electron chi connectivity index (χ1n) is 11.4. The second-order valence-electron chi connectivity index (χ2n) is 8.14. The number of hydrogen-bond donors (Lipinski definition) is 3. The van der Waals surface area contributed by atoms with Gasteiger partial charge in [-0.3, -0.25) is 9.89 Å². The summed E-state index contributed by atoms with van der Waals surface area (Å²) in [5, 5.41) is 6.80. The summed E-state index contributed by atoms with van der Waals surface area (Å²) in [5.41, 5.74) is 6.06. The van der Waals surface area contributed by atoms with Crippen LogP contribution < -0.4 is 21.3 Å². The maximum absolute atomic E-state index is 14.0. The Morgan fingerprint density at radius 1 is 1.16 bits per heavy atom. The molecule has 8 nitrogen and oxygen atoms in total. The van der Waals surface area contributed by atoms with Gasteiger partial charge in [-0.25, -0.2) is 9.18 Å². The van der Waals surface area contributed by atoms with Crippen LogP contribution in [0.4, 0.5) is 14.9 Å². The van der Waals surface area contributed by atoms with Crippen LogP contribution in [-0.4, -0.2) is 86.7 Å². The van der Waals surface area contributed by atoms with Crippen molar-refractivity contribution in [2.24, 2.45) is 10.7 Å². The third kappa shape index (κ3) is 6.99. The monoisotopic (exact) mass is 433 g/mol. The van der Waals surface area contributed by atoms with E-state index in [-0.39, 0.29) is 11.8 Å². The number of primary amides is 1. The van der Waals surface area contributed by atoms with E-state index in [0.29, 0.717) is 24.8 Å². The van der Waals surface area contributed by atoms with E-state index in [4.69, 9.17) is 10.7 Å². The van der Waals surface area contributed by atoms with E-state index in [0.717, 1.165) is 71.0 Å². The Hall–Kier alpha value is -2.55. The molecule has 0 aliphatic carbocycles. The van der Waals surface area contributed by atoms with Crippen LogP contribution >= 0.6 is 0 Å². The summed E-state index contributed by atoms with van der Waals surface area (Å²) in [6, 6.07) is 6.97. The van der Waals surface area contributed by atoms with Crippen molar-refractivity contribution in [2.45, 2.75) is 32.2 Å². The average molecular weight is 434 g/mol. The highest BCUT2D eigenvalue weighted by Crippen LogP contribution is 2.20. The first kappa shape index (κ1) is 23.1. The van der Waals surface area contributed by atoms with Gasteiger partial charge in [0.05, 0.1) is 5.69 Å². The summed E-state index contributed by atoms with van der Waals surface area (Å²) in [5.74, 6) is 0.693. The van der Waals surface area contributed by atoms with E-state index in [9.17, 15) is 9.18 Å². The summed E-state index contributed by atoms with van der Waals surface area (Å²) in [4.78, 5) is 22.2. The van der Waals surface area contributed by atoms with Gasteiger partial charge in [0.25, 0.3) is 0 Å². The molecule has 1 aromatic rings. The molecule has 2 heterocycles. The minimum Gasteiger partial charge on any atom is -0.367 e. The lowest BCUT2D eigenvalue weighted by Gasteiger charge is -2.36. The van der Waals surface area contributed by atoms with Crippen LogP contribution in [0.15, 0.2) is 29.3 Å². The molecule has 2 amide bonds. The number of amides is 2. The van der Waals surface area contributed by atoms with Gasteiger partial charge < -0.3 is 26.2 Å². The van der Waals surface area contributed by atoms with E-state index in [1.54, 1.807) is 11.0 Å². The van der Waals surface area contributed by atoms with Crippen molar-refractivity contribution in [1.82, 2.24) is 20.4 Å². The van der Waals surface area contributed by atoms with Crippen molar-refractivity contribution in [3.8, 4) is 0 Å². The van der Waals surface area contributed by atoms with Crippen molar-refractivity contribution in [1.29, 1.82) is 0 Å². The van der Waals surface area contributed by atoms with Crippen LogP contribution in [0.3, 0.4) is 0 Å². The summed E-state index contributed by atoms with van der Waals surface area (Å²) >= 11 is 0. The lowest BCUT2D eigenvalue weighted by Crippen LogP contribution is -2.50. The zero-order valence-electron chi connectivity index (χ0n) is 18.5. The molecule has 2 aliphatic rings. The number of carbonyl (C=O) groups is 1. The topological polar surface area (TPSA) is 89.2 Å². The molecule has 3 rings (SSSR count). The van der Waals surface area contributed by atoms with Gasteiger partial charge >= 0.3 is 6.03 Å². The number of piperazine rings is 1. The molecule has 2 fully saturated rings. The van der Waals surface area contributed by atoms with E-state index in [1.807, 2.05) is 12.1 Å². The molecule has 0 aromatic heterocycles. The number of urea groups is 1. The number of nitrogens with one attached hydrogen (secondary N) is 2. The molecule has 4 N–H and O–H groups in total. The Balaban J connectivity index is 1.37. The van der Waals surface area contributed by atoms with Crippen LogP contribution in [0.5, 0.6) is 0 Å². The Morgan fingerprint density at radius 3 is 2.52 bits per heavy atom. The molecule has 0 spiro atoms. The van der Waals surface area contributed by atoms with E-state index >= 15 is 0 Å². The minimum absolute atomic E-state index is 0.144. The maximum atomic E-state index is 14.0. The second kappa shape index (κ2) is 11.7. The Bertz CT molecular complexity index is 728. The van der Waals surface area contributed by atoms with Crippen molar-refractivity contribution < 1.29 is 9.18 Å². The predicted octanol–water partition coefficient (Wildman–Crippen LogP) is 1.44. The fourth-order valence-corrected chi connectivity index (χ4v) is 4.16. The van der Waals surface area contributed by atoms with Crippen LogP contribution in [0, 0.1) is 5.82 Å². The molecule has 1 aromatic carbocycles. The molecule has 0 atom stereocenters. The van der Waals surface area contributed by atoms with Gasteiger partial charge in [-0.15, -0.1) is 0 Å². The summed E-state index contributed by atoms with van der Waals surface area (Å²) < 4.78 is 14.0. The van der Waals surface area contributed by atoms with E-state index in [1.165, 1.54) is 6.07 Å². The number of nitrogens with two attached hydrogens (primary N) is 1. The highest BCUT2D eigenvalue weighted by Gasteiger charge is 2.22. The van der Waals surface area contributed by atoms with Crippen molar-refractivity contribution in [3.05, 3.63) is 30.1 Å². The highest BCUT2D eigenvalue weighted by atomic mass is 19.1. The Labute approximate surface area is 184 Å². The van der Waals surface area contributed by atoms with Gasteiger partial charge in [-0.05, 0) is 38.3 Å². The minimum atomic E-state index is -0.339. The Kier molecular flexibility index (Phi) is 8.75. The number of nitrogens with zero attached hydrogens (tertiary/aromatic N) is 4. The number of carbonyl (C=O) groups excluding carboxylic acids is 1. The SMILES string of the molecule is CCNC(=NCCCN1CCN(c2ccccc2F)CC1)NC1CCN(C(N)=O)CC1. The van der Waals surface area contributed by atoms with Gasteiger partial charge in [0.1, 0.15) is 5.82 Å². The number of benzene rings is 1. The highest BCUT2D eigenvalue weighted by molar-refractivity contribution is 5.80.